The molecule has 7 heteroatoms. The molecule has 0 bridgehead atoms. The monoisotopic (exact) mass is 453 g/mol. The molecule has 33 heavy (non-hydrogen) atoms. The van der Waals surface area contributed by atoms with Gasteiger partial charge in [0.1, 0.15) is 17.3 Å². The van der Waals surface area contributed by atoms with Crippen LogP contribution in [-0.4, -0.2) is 53.1 Å². The molecule has 0 radical (unpaired) electrons. The van der Waals surface area contributed by atoms with Crippen molar-refractivity contribution in [3.05, 3.63) is 65.7 Å². The predicted octanol–water partition coefficient (Wildman–Crippen LogP) is 2.78. The number of aliphatic hydroxyl groups is 1. The van der Waals surface area contributed by atoms with Gasteiger partial charge < -0.3 is 14.6 Å². The lowest BCUT2D eigenvalue weighted by Crippen LogP contribution is -2.45. The number of imide groups is 1. The number of rotatable bonds is 8. The van der Waals surface area contributed by atoms with E-state index in [1.807, 2.05) is 30.3 Å². The second-order valence-electron chi connectivity index (χ2n) is 9.24. The average molecular weight is 454 g/mol. The third-order valence-electron chi connectivity index (χ3n) is 5.63. The Morgan fingerprint density at radius 1 is 1.00 bits per heavy atom. The number of benzene rings is 2. The van der Waals surface area contributed by atoms with Crippen LogP contribution >= 0.6 is 0 Å². The van der Waals surface area contributed by atoms with Gasteiger partial charge in [-0.05, 0) is 56.9 Å². The highest BCUT2D eigenvalue weighted by molar-refractivity contribution is 6.14. The summed E-state index contributed by atoms with van der Waals surface area (Å²) >= 11 is 0. The number of nitrogens with zero attached hydrogens (tertiary/aromatic N) is 1. The fourth-order valence-corrected chi connectivity index (χ4v) is 4.09. The average Bonchev–Trinajstić information content (AvgIpc) is 3.01. The number of hydrogen-bond acceptors (Lipinski definition) is 6. The minimum absolute atomic E-state index is 0.193. The largest absolute Gasteiger partial charge is 0.497 e. The molecule has 2 amide bonds. The van der Waals surface area contributed by atoms with E-state index in [-0.39, 0.29) is 6.42 Å². The maximum absolute atomic E-state index is 13.5. The Morgan fingerprint density at radius 2 is 1.64 bits per heavy atom. The number of hydrogen-bond donors (Lipinski definition) is 1. The quantitative estimate of drug-likeness (QED) is 0.375. The zero-order chi connectivity index (χ0) is 24.2. The lowest BCUT2D eigenvalue weighted by atomic mass is 9.88. The highest BCUT2D eigenvalue weighted by atomic mass is 16.6. The summed E-state index contributed by atoms with van der Waals surface area (Å²) in [6.07, 6.45) is 0.490. The fraction of sp³-hybridized carbons (Fsp3) is 0.423. The van der Waals surface area contributed by atoms with Gasteiger partial charge >= 0.3 is 5.97 Å². The van der Waals surface area contributed by atoms with Crippen LogP contribution in [0.4, 0.5) is 0 Å². The van der Waals surface area contributed by atoms with Gasteiger partial charge in [0.25, 0.3) is 0 Å². The standard InChI is InChI=1S/C26H31NO6/c1-26(2,3)33-25(31)22-21(15-18-10-12-20(32-4)13-11-18)23(29)27(24(22)30)19(16-28)14-17-8-6-5-7-9-17/h5-13,19,21-22,28H,14-16H2,1-4H3/t19-,21+,22+/m0/s1. The molecule has 1 saturated heterocycles. The first kappa shape index (κ1) is 24.5. The molecule has 1 aliphatic rings. The smallest absolute Gasteiger partial charge is 0.319 e. The lowest BCUT2D eigenvalue weighted by Gasteiger charge is -2.25. The van der Waals surface area contributed by atoms with Gasteiger partial charge in [-0.15, -0.1) is 0 Å². The zero-order valence-corrected chi connectivity index (χ0v) is 19.5. The number of methoxy groups -OCH3 is 1. The van der Waals surface area contributed by atoms with Crippen molar-refractivity contribution in [2.45, 2.75) is 45.3 Å². The molecular weight excluding hydrogens is 422 g/mol. The Kier molecular flexibility index (Phi) is 7.53. The van der Waals surface area contributed by atoms with Crippen LogP contribution < -0.4 is 4.74 Å². The van der Waals surface area contributed by atoms with Crippen molar-refractivity contribution < 1.29 is 29.0 Å². The lowest BCUT2D eigenvalue weighted by molar-refractivity contribution is -0.164. The molecule has 0 saturated carbocycles. The first-order valence-electron chi connectivity index (χ1n) is 11.0. The molecule has 0 aliphatic carbocycles. The summed E-state index contributed by atoms with van der Waals surface area (Å²) in [7, 11) is 1.56. The van der Waals surface area contributed by atoms with Crippen molar-refractivity contribution in [3.63, 3.8) is 0 Å². The normalized spacial score (nSPS) is 19.5. The van der Waals surface area contributed by atoms with Gasteiger partial charge in [-0.25, -0.2) is 0 Å². The summed E-state index contributed by atoms with van der Waals surface area (Å²) in [5.74, 6) is -3.32. The first-order valence-corrected chi connectivity index (χ1v) is 11.0. The Morgan fingerprint density at radius 3 is 2.18 bits per heavy atom. The van der Waals surface area contributed by atoms with Crippen molar-refractivity contribution in [1.82, 2.24) is 4.90 Å². The van der Waals surface area contributed by atoms with E-state index in [0.717, 1.165) is 16.0 Å². The van der Waals surface area contributed by atoms with Crippen LogP contribution in [0.5, 0.6) is 5.75 Å². The third kappa shape index (κ3) is 5.79. The van der Waals surface area contributed by atoms with Crippen molar-refractivity contribution in [2.24, 2.45) is 11.8 Å². The number of esters is 1. The summed E-state index contributed by atoms with van der Waals surface area (Å²) in [6, 6.07) is 15.7. The Hall–Kier alpha value is -3.19. The summed E-state index contributed by atoms with van der Waals surface area (Å²) in [5, 5.41) is 10.1. The molecule has 176 valence electrons. The van der Waals surface area contributed by atoms with Crippen LogP contribution in [-0.2, 0) is 32.0 Å². The Balaban J connectivity index is 1.92. The summed E-state index contributed by atoms with van der Waals surface area (Å²) in [4.78, 5) is 41.0. The van der Waals surface area contributed by atoms with E-state index in [9.17, 15) is 19.5 Å². The maximum Gasteiger partial charge on any atom is 0.319 e. The zero-order valence-electron chi connectivity index (χ0n) is 19.5. The number of likely N-dealkylation sites (tertiary alicyclic amines) is 1. The summed E-state index contributed by atoms with van der Waals surface area (Å²) in [5.41, 5.74) is 0.865. The first-order chi connectivity index (χ1) is 15.6. The number of amides is 2. The Labute approximate surface area is 194 Å². The van der Waals surface area contributed by atoms with Crippen molar-refractivity contribution in [2.75, 3.05) is 13.7 Å². The molecule has 0 spiro atoms. The third-order valence-corrected chi connectivity index (χ3v) is 5.63. The molecule has 1 fully saturated rings. The van der Waals surface area contributed by atoms with Crippen LogP contribution in [0.25, 0.3) is 0 Å². The molecule has 0 unspecified atom stereocenters. The van der Waals surface area contributed by atoms with E-state index < -0.39 is 47.9 Å². The van der Waals surface area contributed by atoms with E-state index in [1.165, 1.54) is 0 Å². The highest BCUT2D eigenvalue weighted by Crippen LogP contribution is 2.34. The van der Waals surface area contributed by atoms with Gasteiger partial charge in [-0.2, -0.15) is 0 Å². The minimum atomic E-state index is -1.26. The molecule has 3 atom stereocenters. The van der Waals surface area contributed by atoms with E-state index >= 15 is 0 Å². The molecular formula is C26H31NO6. The van der Waals surface area contributed by atoms with Crippen LogP contribution in [0, 0.1) is 11.8 Å². The Bertz CT molecular complexity index is 980. The molecule has 0 aromatic heterocycles. The number of aliphatic hydroxyl groups excluding tert-OH is 1. The molecule has 1 N–H and O–H groups in total. The van der Waals surface area contributed by atoms with E-state index in [4.69, 9.17) is 9.47 Å². The molecule has 7 nitrogen and oxygen atoms in total. The van der Waals surface area contributed by atoms with E-state index in [0.29, 0.717) is 12.2 Å². The summed E-state index contributed by atoms with van der Waals surface area (Å²) < 4.78 is 10.7. The van der Waals surface area contributed by atoms with Crippen LogP contribution in [0.2, 0.25) is 0 Å². The van der Waals surface area contributed by atoms with Gasteiger partial charge in [-0.3, -0.25) is 19.3 Å². The SMILES string of the molecule is COc1ccc(C[C@H]2C(=O)N([C@H](CO)Cc3ccccc3)C(=O)[C@@H]2C(=O)OC(C)(C)C)cc1. The maximum atomic E-state index is 13.5. The molecule has 1 heterocycles. The highest BCUT2D eigenvalue weighted by Gasteiger charge is 2.54. The van der Waals surface area contributed by atoms with Crippen LogP contribution in [0.3, 0.4) is 0 Å². The summed E-state index contributed by atoms with van der Waals surface area (Å²) in [6.45, 7) is 4.75. The van der Waals surface area contributed by atoms with Gasteiger partial charge in [-0.1, -0.05) is 42.5 Å². The molecule has 2 aromatic carbocycles. The van der Waals surface area contributed by atoms with E-state index in [2.05, 4.69) is 0 Å². The molecule has 2 aromatic rings. The van der Waals surface area contributed by atoms with Crippen molar-refractivity contribution in [3.8, 4) is 5.75 Å². The number of ether oxygens (including phenoxy) is 2. The van der Waals surface area contributed by atoms with Gasteiger partial charge in [0.15, 0.2) is 0 Å². The minimum Gasteiger partial charge on any atom is -0.497 e. The van der Waals surface area contributed by atoms with Gasteiger partial charge in [0.05, 0.1) is 25.7 Å². The van der Waals surface area contributed by atoms with Crippen LogP contribution in [0.1, 0.15) is 31.9 Å². The topological polar surface area (TPSA) is 93.1 Å². The number of carbonyl (C=O) groups excluding carboxylic acids is 3. The second-order valence-corrected chi connectivity index (χ2v) is 9.24. The van der Waals surface area contributed by atoms with Gasteiger partial charge in [0, 0.05) is 0 Å². The molecule has 1 aliphatic heterocycles. The van der Waals surface area contributed by atoms with Crippen molar-refractivity contribution in [1.29, 1.82) is 0 Å². The van der Waals surface area contributed by atoms with Crippen LogP contribution in [0.15, 0.2) is 54.6 Å². The van der Waals surface area contributed by atoms with E-state index in [1.54, 1.807) is 52.1 Å². The second kappa shape index (κ2) is 10.2. The van der Waals surface area contributed by atoms with Gasteiger partial charge in [0.2, 0.25) is 11.8 Å². The number of carbonyl (C=O) groups is 3. The predicted molar refractivity (Wildman–Crippen MR) is 122 cm³/mol. The fourth-order valence-electron chi connectivity index (χ4n) is 4.09. The van der Waals surface area contributed by atoms with Crippen molar-refractivity contribution >= 4 is 17.8 Å². The molecule has 3 rings (SSSR count).